The van der Waals surface area contributed by atoms with Gasteiger partial charge in [-0.05, 0) is 40.5 Å². The summed E-state index contributed by atoms with van der Waals surface area (Å²) in [5.74, 6) is -0.0794. The number of nitrogens with one attached hydrogen (secondary N) is 1. The largest absolute Gasteiger partial charge is 0.385 e. The molecule has 0 atom stereocenters. The van der Waals surface area contributed by atoms with Crippen molar-refractivity contribution in [3.63, 3.8) is 0 Å². The van der Waals surface area contributed by atoms with Gasteiger partial charge in [0.05, 0.1) is 5.56 Å². The zero-order valence-electron chi connectivity index (χ0n) is 8.93. The highest BCUT2D eigenvalue weighted by Gasteiger charge is 2.09. The predicted molar refractivity (Wildman–Crippen MR) is 70.7 cm³/mol. The average molecular weight is 351 g/mol. The number of carbonyl (C=O) groups is 1. The summed E-state index contributed by atoms with van der Waals surface area (Å²) in [6.07, 6.45) is 0.813. The Balaban J connectivity index is 2.55. The Hall–Kier alpha value is -0.390. The van der Waals surface area contributed by atoms with Crippen LogP contribution in [0, 0.1) is 0 Å². The van der Waals surface area contributed by atoms with Gasteiger partial charge >= 0.3 is 0 Å². The number of hydrogen-bond donors (Lipinski definition) is 1. The summed E-state index contributed by atoms with van der Waals surface area (Å²) in [5, 5.41) is 2.83. The van der Waals surface area contributed by atoms with E-state index in [-0.39, 0.29) is 5.91 Å². The second kappa shape index (κ2) is 7.04. The summed E-state index contributed by atoms with van der Waals surface area (Å²) < 4.78 is 6.58. The van der Waals surface area contributed by atoms with Gasteiger partial charge in [0.1, 0.15) is 0 Å². The molecule has 1 rings (SSSR count). The van der Waals surface area contributed by atoms with Gasteiger partial charge in [-0.15, -0.1) is 0 Å². The average Bonchev–Trinajstić information content (AvgIpc) is 2.27. The highest BCUT2D eigenvalue weighted by Crippen LogP contribution is 2.21. The van der Waals surface area contributed by atoms with Crippen LogP contribution in [0.1, 0.15) is 16.8 Å². The summed E-state index contributed by atoms with van der Waals surface area (Å²) in [6, 6.07) is 5.51. The SMILES string of the molecule is COCCCNC(=O)c1cc(Br)ccc1Br. The van der Waals surface area contributed by atoms with Crippen molar-refractivity contribution in [3.05, 3.63) is 32.7 Å². The molecule has 0 bridgehead atoms. The monoisotopic (exact) mass is 349 g/mol. The van der Waals surface area contributed by atoms with E-state index in [9.17, 15) is 4.79 Å². The molecule has 3 nitrogen and oxygen atoms in total. The lowest BCUT2D eigenvalue weighted by molar-refractivity contribution is 0.0948. The van der Waals surface area contributed by atoms with Crippen molar-refractivity contribution in [1.29, 1.82) is 0 Å². The Kier molecular flexibility index (Phi) is 6.01. The summed E-state index contributed by atoms with van der Waals surface area (Å²) in [6.45, 7) is 1.27. The van der Waals surface area contributed by atoms with Gasteiger partial charge in [0.2, 0.25) is 0 Å². The molecule has 1 amide bonds. The highest BCUT2D eigenvalue weighted by molar-refractivity contribution is 9.11. The van der Waals surface area contributed by atoms with Crippen LogP contribution in [0.3, 0.4) is 0 Å². The Morgan fingerprint density at radius 3 is 2.88 bits per heavy atom. The van der Waals surface area contributed by atoms with Crippen molar-refractivity contribution in [2.45, 2.75) is 6.42 Å². The molecule has 0 aromatic heterocycles. The molecule has 16 heavy (non-hydrogen) atoms. The van der Waals surface area contributed by atoms with Crippen molar-refractivity contribution in [1.82, 2.24) is 5.32 Å². The van der Waals surface area contributed by atoms with Gasteiger partial charge in [0.15, 0.2) is 0 Å². The Labute approximate surface area is 112 Å². The van der Waals surface area contributed by atoms with Crippen LogP contribution in [0.2, 0.25) is 0 Å². The minimum Gasteiger partial charge on any atom is -0.385 e. The number of carbonyl (C=O) groups excluding carboxylic acids is 1. The van der Waals surface area contributed by atoms with Crippen LogP contribution in [0.5, 0.6) is 0 Å². The first-order valence-electron chi connectivity index (χ1n) is 4.87. The molecule has 0 aliphatic heterocycles. The molecule has 0 spiro atoms. The molecule has 0 saturated carbocycles. The maximum absolute atomic E-state index is 11.8. The summed E-state index contributed by atoms with van der Waals surface area (Å²) >= 11 is 6.68. The van der Waals surface area contributed by atoms with E-state index in [1.165, 1.54) is 0 Å². The number of amides is 1. The van der Waals surface area contributed by atoms with E-state index in [0.717, 1.165) is 15.4 Å². The quantitative estimate of drug-likeness (QED) is 0.829. The number of benzene rings is 1. The molecule has 1 N–H and O–H groups in total. The summed E-state index contributed by atoms with van der Waals surface area (Å²) in [4.78, 5) is 11.8. The van der Waals surface area contributed by atoms with Gasteiger partial charge in [-0.2, -0.15) is 0 Å². The maximum atomic E-state index is 11.8. The number of hydrogen-bond acceptors (Lipinski definition) is 2. The van der Waals surface area contributed by atoms with Gasteiger partial charge in [-0.25, -0.2) is 0 Å². The maximum Gasteiger partial charge on any atom is 0.252 e. The normalized spacial score (nSPS) is 10.2. The van der Waals surface area contributed by atoms with E-state index in [1.54, 1.807) is 13.2 Å². The van der Waals surface area contributed by atoms with Crippen molar-refractivity contribution >= 4 is 37.8 Å². The molecule has 5 heteroatoms. The second-order valence-corrected chi connectivity index (χ2v) is 5.00. The van der Waals surface area contributed by atoms with Crippen LogP contribution in [0.15, 0.2) is 27.1 Å². The lowest BCUT2D eigenvalue weighted by Crippen LogP contribution is -2.25. The van der Waals surface area contributed by atoms with Crippen LogP contribution < -0.4 is 5.32 Å². The molecule has 0 unspecified atom stereocenters. The highest BCUT2D eigenvalue weighted by atomic mass is 79.9. The van der Waals surface area contributed by atoms with Gasteiger partial charge < -0.3 is 10.1 Å². The zero-order chi connectivity index (χ0) is 12.0. The molecule has 0 saturated heterocycles. The van der Waals surface area contributed by atoms with Crippen molar-refractivity contribution in [3.8, 4) is 0 Å². The van der Waals surface area contributed by atoms with Crippen LogP contribution in [0.4, 0.5) is 0 Å². The van der Waals surface area contributed by atoms with Crippen molar-refractivity contribution in [2.24, 2.45) is 0 Å². The van der Waals surface area contributed by atoms with Crippen molar-refractivity contribution < 1.29 is 9.53 Å². The third-order valence-corrected chi connectivity index (χ3v) is 3.17. The molecule has 1 aromatic rings. The van der Waals surface area contributed by atoms with E-state index < -0.39 is 0 Å². The Bertz CT molecular complexity index is 369. The molecule has 0 radical (unpaired) electrons. The number of rotatable bonds is 5. The topological polar surface area (TPSA) is 38.3 Å². The zero-order valence-corrected chi connectivity index (χ0v) is 12.1. The first-order valence-corrected chi connectivity index (χ1v) is 6.46. The number of ether oxygens (including phenoxy) is 1. The van der Waals surface area contributed by atoms with Crippen LogP contribution in [0.25, 0.3) is 0 Å². The van der Waals surface area contributed by atoms with E-state index in [0.29, 0.717) is 18.7 Å². The molecular weight excluding hydrogens is 338 g/mol. The molecular formula is C11H13Br2NO2. The fourth-order valence-corrected chi connectivity index (χ4v) is 1.97. The van der Waals surface area contributed by atoms with E-state index >= 15 is 0 Å². The lowest BCUT2D eigenvalue weighted by atomic mass is 10.2. The summed E-state index contributed by atoms with van der Waals surface area (Å²) in [7, 11) is 1.65. The fourth-order valence-electron chi connectivity index (χ4n) is 1.19. The fraction of sp³-hybridized carbons (Fsp3) is 0.364. The Morgan fingerprint density at radius 1 is 1.44 bits per heavy atom. The molecule has 1 aromatic carbocycles. The van der Waals surface area contributed by atoms with Gasteiger partial charge in [-0.3, -0.25) is 4.79 Å². The van der Waals surface area contributed by atoms with Gasteiger partial charge in [0, 0.05) is 29.2 Å². The van der Waals surface area contributed by atoms with Crippen LogP contribution in [-0.2, 0) is 4.74 Å². The van der Waals surface area contributed by atoms with Crippen molar-refractivity contribution in [2.75, 3.05) is 20.3 Å². The third-order valence-electron chi connectivity index (χ3n) is 1.98. The van der Waals surface area contributed by atoms with Gasteiger partial charge in [0.25, 0.3) is 5.91 Å². The van der Waals surface area contributed by atoms with Crippen LogP contribution in [-0.4, -0.2) is 26.2 Å². The van der Waals surface area contributed by atoms with E-state index in [2.05, 4.69) is 37.2 Å². The first kappa shape index (κ1) is 13.7. The minimum absolute atomic E-state index is 0.0794. The molecule has 0 aliphatic rings. The smallest absolute Gasteiger partial charge is 0.252 e. The molecule has 88 valence electrons. The van der Waals surface area contributed by atoms with E-state index in [1.807, 2.05) is 12.1 Å². The lowest BCUT2D eigenvalue weighted by Gasteiger charge is -2.07. The Morgan fingerprint density at radius 2 is 2.19 bits per heavy atom. The minimum atomic E-state index is -0.0794. The molecule has 0 fully saturated rings. The predicted octanol–water partition coefficient (Wildman–Crippen LogP) is 2.98. The molecule has 0 heterocycles. The van der Waals surface area contributed by atoms with Crippen LogP contribution >= 0.6 is 31.9 Å². The number of halogens is 2. The second-order valence-electron chi connectivity index (χ2n) is 3.23. The summed E-state index contributed by atoms with van der Waals surface area (Å²) in [5.41, 5.74) is 0.631. The standard InChI is InChI=1S/C11H13Br2NO2/c1-16-6-2-5-14-11(15)9-7-8(12)3-4-10(9)13/h3-4,7H,2,5-6H2,1H3,(H,14,15). The van der Waals surface area contributed by atoms with Gasteiger partial charge in [-0.1, -0.05) is 15.9 Å². The number of methoxy groups -OCH3 is 1. The van der Waals surface area contributed by atoms with E-state index in [4.69, 9.17) is 4.74 Å². The molecule has 0 aliphatic carbocycles. The third kappa shape index (κ3) is 4.23. The first-order chi connectivity index (χ1) is 7.65.